The van der Waals surface area contributed by atoms with Gasteiger partial charge in [-0.25, -0.2) is 0 Å². The topological polar surface area (TPSA) is 26.0 Å². The number of rotatable bonds is 2. The number of hydrogen-bond donors (Lipinski definition) is 1. The number of hydrogen-bond acceptors (Lipinski definition) is 1. The number of benzene rings is 1. The van der Waals surface area contributed by atoms with E-state index in [0.717, 1.165) is 6.07 Å². The van der Waals surface area contributed by atoms with E-state index in [1.807, 2.05) is 0 Å². The van der Waals surface area contributed by atoms with Gasteiger partial charge in [0, 0.05) is 0 Å². The van der Waals surface area contributed by atoms with E-state index in [2.05, 4.69) is 0 Å². The van der Waals surface area contributed by atoms with E-state index in [4.69, 9.17) is 5.73 Å². The Kier molecular flexibility index (Phi) is 3.16. The van der Waals surface area contributed by atoms with Gasteiger partial charge in [0.05, 0.1) is 5.56 Å². The molecule has 4 heteroatoms. The second kappa shape index (κ2) is 4.00. The second-order valence-electron chi connectivity index (χ2n) is 3.20. The predicted molar refractivity (Wildman–Crippen MR) is 48.9 cm³/mol. The number of aryl methyl sites for hydroxylation is 1. The zero-order valence-electron chi connectivity index (χ0n) is 7.86. The van der Waals surface area contributed by atoms with Crippen molar-refractivity contribution < 1.29 is 13.2 Å². The number of nitrogens with two attached hydrogens (primary N) is 1. The van der Waals surface area contributed by atoms with Crippen LogP contribution >= 0.6 is 0 Å². The van der Waals surface area contributed by atoms with E-state index >= 15 is 0 Å². The monoisotopic (exact) mass is 203 g/mol. The molecular weight excluding hydrogens is 191 g/mol. The van der Waals surface area contributed by atoms with Gasteiger partial charge >= 0.3 is 6.18 Å². The third-order valence-electron chi connectivity index (χ3n) is 1.98. The highest BCUT2D eigenvalue weighted by molar-refractivity contribution is 5.33. The lowest BCUT2D eigenvalue weighted by atomic mass is 10.0. The first kappa shape index (κ1) is 11.0. The molecule has 78 valence electrons. The summed E-state index contributed by atoms with van der Waals surface area (Å²) < 4.78 is 37.5. The fourth-order valence-corrected chi connectivity index (χ4v) is 1.33. The van der Waals surface area contributed by atoms with Gasteiger partial charge in [-0.3, -0.25) is 0 Å². The van der Waals surface area contributed by atoms with Gasteiger partial charge in [0.2, 0.25) is 0 Å². The van der Waals surface area contributed by atoms with E-state index < -0.39 is 11.7 Å². The molecule has 0 unspecified atom stereocenters. The van der Waals surface area contributed by atoms with Crippen LogP contribution in [0.25, 0.3) is 0 Å². The molecule has 14 heavy (non-hydrogen) atoms. The molecule has 0 aromatic heterocycles. The minimum Gasteiger partial charge on any atom is -0.330 e. The normalized spacial score (nSPS) is 11.8. The fourth-order valence-electron chi connectivity index (χ4n) is 1.33. The van der Waals surface area contributed by atoms with E-state index in [9.17, 15) is 13.2 Å². The third kappa shape index (κ3) is 2.48. The lowest BCUT2D eigenvalue weighted by Gasteiger charge is -2.12. The summed E-state index contributed by atoms with van der Waals surface area (Å²) in [6, 6.07) is 4.32. The maximum Gasteiger partial charge on any atom is 0.416 e. The Morgan fingerprint density at radius 1 is 1.29 bits per heavy atom. The van der Waals surface area contributed by atoms with Crippen LogP contribution < -0.4 is 5.73 Å². The summed E-state index contributed by atoms with van der Waals surface area (Å²) in [7, 11) is 0. The summed E-state index contributed by atoms with van der Waals surface area (Å²) >= 11 is 0. The minimum absolute atomic E-state index is 0.228. The zero-order valence-corrected chi connectivity index (χ0v) is 7.86. The summed E-state index contributed by atoms with van der Waals surface area (Å²) in [4.78, 5) is 0. The van der Waals surface area contributed by atoms with Gasteiger partial charge in [0.1, 0.15) is 0 Å². The zero-order chi connectivity index (χ0) is 10.8. The highest BCUT2D eigenvalue weighted by atomic mass is 19.4. The van der Waals surface area contributed by atoms with Crippen molar-refractivity contribution in [2.75, 3.05) is 6.54 Å². The first-order chi connectivity index (χ1) is 6.45. The molecule has 0 aliphatic rings. The van der Waals surface area contributed by atoms with Crippen molar-refractivity contribution in [2.24, 2.45) is 5.73 Å². The first-order valence-corrected chi connectivity index (χ1v) is 4.32. The van der Waals surface area contributed by atoms with Crippen LogP contribution in [0.4, 0.5) is 13.2 Å². The molecule has 1 rings (SSSR count). The molecule has 1 aromatic rings. The third-order valence-corrected chi connectivity index (χ3v) is 1.98. The minimum atomic E-state index is -4.28. The Bertz CT molecular complexity index is 318. The van der Waals surface area contributed by atoms with Gasteiger partial charge < -0.3 is 5.73 Å². The largest absolute Gasteiger partial charge is 0.416 e. The quantitative estimate of drug-likeness (QED) is 0.785. The highest BCUT2D eigenvalue weighted by Gasteiger charge is 2.32. The molecule has 0 fully saturated rings. The van der Waals surface area contributed by atoms with E-state index in [0.29, 0.717) is 5.56 Å². The van der Waals surface area contributed by atoms with Crippen molar-refractivity contribution in [3.8, 4) is 0 Å². The van der Waals surface area contributed by atoms with Crippen molar-refractivity contribution in [3.05, 3.63) is 34.9 Å². The molecule has 0 heterocycles. The molecule has 0 aliphatic carbocycles. The summed E-state index contributed by atoms with van der Waals surface area (Å²) in [6.45, 7) is 1.87. The number of alkyl halides is 3. The van der Waals surface area contributed by atoms with Crippen molar-refractivity contribution in [1.29, 1.82) is 0 Å². The van der Waals surface area contributed by atoms with E-state index in [1.54, 1.807) is 13.0 Å². The maximum atomic E-state index is 12.5. The SMILES string of the molecule is Cc1ccc(CCN)c(C(F)(F)F)c1. The van der Waals surface area contributed by atoms with E-state index in [-0.39, 0.29) is 18.5 Å². The fraction of sp³-hybridized carbons (Fsp3) is 0.400. The van der Waals surface area contributed by atoms with Gasteiger partial charge in [-0.15, -0.1) is 0 Å². The van der Waals surface area contributed by atoms with E-state index in [1.165, 1.54) is 6.07 Å². The van der Waals surface area contributed by atoms with Crippen molar-refractivity contribution in [1.82, 2.24) is 0 Å². The summed E-state index contributed by atoms with van der Waals surface area (Å²) in [6.07, 6.45) is -4.02. The standard InChI is InChI=1S/C10H12F3N/c1-7-2-3-8(4-5-14)9(6-7)10(11,12)13/h2-3,6H,4-5,14H2,1H3. The Morgan fingerprint density at radius 3 is 2.43 bits per heavy atom. The van der Waals surface area contributed by atoms with Crippen LogP contribution in [0.15, 0.2) is 18.2 Å². The van der Waals surface area contributed by atoms with Gasteiger partial charge in [-0.2, -0.15) is 13.2 Å². The molecule has 0 aliphatic heterocycles. The van der Waals surface area contributed by atoms with Crippen LogP contribution in [-0.2, 0) is 12.6 Å². The van der Waals surface area contributed by atoms with Crippen molar-refractivity contribution in [2.45, 2.75) is 19.5 Å². The van der Waals surface area contributed by atoms with Gasteiger partial charge in [-0.1, -0.05) is 17.7 Å². The Hall–Kier alpha value is -1.03. The van der Waals surface area contributed by atoms with Crippen LogP contribution in [0.1, 0.15) is 16.7 Å². The summed E-state index contributed by atoms with van der Waals surface area (Å²) in [5, 5.41) is 0. The van der Waals surface area contributed by atoms with Crippen LogP contribution in [0.3, 0.4) is 0 Å². The molecule has 0 amide bonds. The van der Waals surface area contributed by atoms with Gasteiger partial charge in [0.15, 0.2) is 0 Å². The Balaban J connectivity index is 3.16. The molecule has 2 N–H and O–H groups in total. The second-order valence-corrected chi connectivity index (χ2v) is 3.20. The molecule has 0 spiro atoms. The highest BCUT2D eigenvalue weighted by Crippen LogP contribution is 2.32. The maximum absolute atomic E-state index is 12.5. The smallest absolute Gasteiger partial charge is 0.330 e. The van der Waals surface area contributed by atoms with Gasteiger partial charge in [-0.05, 0) is 31.5 Å². The Labute approximate surface area is 80.7 Å². The molecule has 1 aromatic carbocycles. The van der Waals surface area contributed by atoms with Crippen LogP contribution in [0.5, 0.6) is 0 Å². The van der Waals surface area contributed by atoms with Crippen molar-refractivity contribution in [3.63, 3.8) is 0 Å². The molecule has 1 nitrogen and oxygen atoms in total. The summed E-state index contributed by atoms with van der Waals surface area (Å²) in [5.41, 5.74) is 5.56. The average molecular weight is 203 g/mol. The molecule has 0 bridgehead atoms. The van der Waals surface area contributed by atoms with Crippen LogP contribution in [0, 0.1) is 6.92 Å². The predicted octanol–water partition coefficient (Wildman–Crippen LogP) is 2.52. The van der Waals surface area contributed by atoms with Gasteiger partial charge in [0.25, 0.3) is 0 Å². The Morgan fingerprint density at radius 2 is 1.93 bits per heavy atom. The molecule has 0 atom stereocenters. The van der Waals surface area contributed by atoms with Crippen LogP contribution in [0.2, 0.25) is 0 Å². The summed E-state index contributed by atoms with van der Waals surface area (Å²) in [5.74, 6) is 0. The van der Waals surface area contributed by atoms with Crippen molar-refractivity contribution >= 4 is 0 Å². The average Bonchev–Trinajstić information content (AvgIpc) is 2.07. The molecule has 0 saturated carbocycles. The first-order valence-electron chi connectivity index (χ1n) is 4.32. The molecule has 0 radical (unpaired) electrons. The van der Waals surface area contributed by atoms with Crippen LogP contribution in [-0.4, -0.2) is 6.54 Å². The lowest BCUT2D eigenvalue weighted by molar-refractivity contribution is -0.138. The molecular formula is C10H12F3N. The number of halogens is 3. The lowest BCUT2D eigenvalue weighted by Crippen LogP contribution is -2.12. The molecule has 0 saturated heterocycles.